The van der Waals surface area contributed by atoms with Crippen molar-refractivity contribution in [1.82, 2.24) is 19.7 Å². The van der Waals surface area contributed by atoms with Crippen LogP contribution in [0.4, 0.5) is 11.5 Å². The lowest BCUT2D eigenvalue weighted by Gasteiger charge is -2.49. The van der Waals surface area contributed by atoms with Crippen LogP contribution in [-0.4, -0.2) is 64.9 Å². The number of aryl methyl sites for hydroxylation is 1. The first-order valence-electron chi connectivity index (χ1n) is 10.8. The topological polar surface area (TPSA) is 75.5 Å². The van der Waals surface area contributed by atoms with Gasteiger partial charge in [-0.25, -0.2) is 4.98 Å². The maximum atomic E-state index is 13.0. The van der Waals surface area contributed by atoms with Crippen LogP contribution in [0.3, 0.4) is 0 Å². The van der Waals surface area contributed by atoms with E-state index < -0.39 is 0 Å². The van der Waals surface area contributed by atoms with Gasteiger partial charge in [0.05, 0.1) is 23.2 Å². The summed E-state index contributed by atoms with van der Waals surface area (Å²) in [5.41, 5.74) is 1.45. The molecule has 9 heteroatoms. The van der Waals surface area contributed by atoms with E-state index >= 15 is 0 Å². The van der Waals surface area contributed by atoms with Crippen molar-refractivity contribution >= 4 is 49.9 Å². The van der Waals surface area contributed by atoms with Crippen LogP contribution >= 0.6 is 11.3 Å². The van der Waals surface area contributed by atoms with Crippen LogP contribution in [-0.2, 0) is 7.05 Å². The van der Waals surface area contributed by atoms with Crippen LogP contribution in [0.15, 0.2) is 36.5 Å². The van der Waals surface area contributed by atoms with Gasteiger partial charge >= 0.3 is 0 Å². The van der Waals surface area contributed by atoms with Crippen LogP contribution in [0.25, 0.3) is 21.1 Å². The number of hydrogen-bond acceptors (Lipinski definition) is 7. The number of nitrogens with one attached hydrogen (secondary N) is 1. The Morgan fingerprint density at radius 2 is 2.03 bits per heavy atom. The molecule has 2 aliphatic rings. The molecule has 2 saturated heterocycles. The number of methoxy groups -OCH3 is 1. The van der Waals surface area contributed by atoms with E-state index in [0.29, 0.717) is 22.4 Å². The number of amides is 1. The fraction of sp³-hybridized carbons (Fsp3) is 0.348. The summed E-state index contributed by atoms with van der Waals surface area (Å²) in [5.74, 6) is 1.41. The normalized spacial score (nSPS) is 16.9. The maximum absolute atomic E-state index is 13.0. The molecule has 6 rings (SSSR count). The predicted molar refractivity (Wildman–Crippen MR) is 127 cm³/mol. The molecule has 8 nitrogen and oxygen atoms in total. The van der Waals surface area contributed by atoms with Gasteiger partial charge in [-0.1, -0.05) is 0 Å². The molecule has 3 aromatic heterocycles. The van der Waals surface area contributed by atoms with Crippen molar-refractivity contribution in [3.63, 3.8) is 0 Å². The maximum Gasteiger partial charge on any atom is 0.265 e. The molecule has 5 heterocycles. The predicted octanol–water partition coefficient (Wildman–Crippen LogP) is 3.34. The Bertz CT molecular complexity index is 1340. The van der Waals surface area contributed by atoms with E-state index in [1.165, 1.54) is 30.8 Å². The lowest BCUT2D eigenvalue weighted by atomic mass is 10.0. The minimum absolute atomic E-state index is 0.169. The van der Waals surface area contributed by atoms with Gasteiger partial charge in [-0.3, -0.25) is 14.4 Å². The fourth-order valence-corrected chi connectivity index (χ4v) is 5.32. The molecule has 0 radical (unpaired) electrons. The third kappa shape index (κ3) is 3.28. The summed E-state index contributed by atoms with van der Waals surface area (Å²) in [7, 11) is 3.46. The number of thiophene rings is 1. The van der Waals surface area contributed by atoms with Gasteiger partial charge in [0.15, 0.2) is 0 Å². The van der Waals surface area contributed by atoms with E-state index in [-0.39, 0.29) is 5.91 Å². The van der Waals surface area contributed by atoms with Gasteiger partial charge < -0.3 is 15.0 Å². The number of fused-ring (bicyclic) bond motifs is 2. The summed E-state index contributed by atoms with van der Waals surface area (Å²) in [4.78, 5) is 24.2. The van der Waals surface area contributed by atoms with Crippen molar-refractivity contribution in [3.8, 4) is 5.75 Å². The van der Waals surface area contributed by atoms with Crippen molar-refractivity contribution in [1.29, 1.82) is 0 Å². The number of aromatic nitrogens is 3. The Balaban J connectivity index is 1.22. The van der Waals surface area contributed by atoms with E-state index in [9.17, 15) is 4.79 Å². The number of likely N-dealkylation sites (tertiary alicyclic amines) is 1. The lowest BCUT2D eigenvalue weighted by molar-refractivity contribution is 0.0974. The number of hydrogen-bond donors (Lipinski definition) is 1. The third-order valence-corrected chi connectivity index (χ3v) is 7.42. The summed E-state index contributed by atoms with van der Waals surface area (Å²) < 4.78 is 7.22. The molecule has 0 unspecified atom stereocenters. The third-order valence-electron chi connectivity index (χ3n) is 6.37. The number of anilines is 2. The standard InChI is InChI=1S/C23H24N6O2S/c1-27-11-15-8-18(19(31-2)10-17(15)26-27)24-22(30)20-9-14-4-5-21(25-23(14)32-20)29-12-16(13-29)28-6-3-7-28/h4-5,8-11,16H,3,6-7,12-13H2,1-2H3,(H,24,30). The van der Waals surface area contributed by atoms with Crippen LogP contribution in [0.2, 0.25) is 0 Å². The van der Waals surface area contributed by atoms with Gasteiger partial charge in [-0.05, 0) is 43.8 Å². The second-order valence-corrected chi connectivity index (χ2v) is 9.52. The number of benzene rings is 1. The zero-order valence-corrected chi connectivity index (χ0v) is 18.9. The molecule has 1 amide bonds. The average molecular weight is 449 g/mol. The highest BCUT2D eigenvalue weighted by Gasteiger charge is 2.35. The van der Waals surface area contributed by atoms with Crippen molar-refractivity contribution in [2.45, 2.75) is 12.5 Å². The molecule has 4 aromatic rings. The molecule has 0 spiro atoms. The number of ether oxygens (including phenoxy) is 1. The molecule has 0 atom stereocenters. The molecule has 164 valence electrons. The quantitative estimate of drug-likeness (QED) is 0.505. The summed E-state index contributed by atoms with van der Waals surface area (Å²) in [6.07, 6.45) is 3.24. The van der Waals surface area contributed by atoms with Gasteiger partial charge in [0.1, 0.15) is 16.4 Å². The molecule has 1 N–H and O–H groups in total. The Morgan fingerprint density at radius 3 is 2.78 bits per heavy atom. The molecule has 0 aliphatic carbocycles. The molecule has 2 fully saturated rings. The summed E-state index contributed by atoms with van der Waals surface area (Å²) in [6, 6.07) is 10.4. The lowest BCUT2D eigenvalue weighted by Crippen LogP contribution is -2.63. The minimum atomic E-state index is -0.169. The van der Waals surface area contributed by atoms with E-state index in [0.717, 1.165) is 40.0 Å². The highest BCUT2D eigenvalue weighted by Crippen LogP contribution is 2.33. The second-order valence-electron chi connectivity index (χ2n) is 8.49. The summed E-state index contributed by atoms with van der Waals surface area (Å²) >= 11 is 1.42. The Labute approximate surface area is 189 Å². The Kier molecular flexibility index (Phi) is 4.55. The van der Waals surface area contributed by atoms with Crippen LogP contribution < -0.4 is 15.0 Å². The molecule has 32 heavy (non-hydrogen) atoms. The average Bonchev–Trinajstić information content (AvgIpc) is 3.29. The monoisotopic (exact) mass is 448 g/mol. The number of carbonyl (C=O) groups excluding carboxylic acids is 1. The first-order valence-corrected chi connectivity index (χ1v) is 11.6. The van der Waals surface area contributed by atoms with Gasteiger partial charge in [-0.2, -0.15) is 5.10 Å². The van der Waals surface area contributed by atoms with Crippen LogP contribution in [0, 0.1) is 0 Å². The van der Waals surface area contributed by atoms with Crippen molar-refractivity contribution in [2.75, 3.05) is 43.5 Å². The molecule has 0 saturated carbocycles. The second kappa shape index (κ2) is 7.46. The number of carbonyl (C=O) groups is 1. The van der Waals surface area contributed by atoms with Gasteiger partial charge in [0.2, 0.25) is 0 Å². The number of pyridine rings is 1. The minimum Gasteiger partial charge on any atom is -0.494 e. The van der Waals surface area contributed by atoms with Gasteiger partial charge in [0, 0.05) is 49.2 Å². The largest absolute Gasteiger partial charge is 0.494 e. The van der Waals surface area contributed by atoms with Crippen molar-refractivity contribution < 1.29 is 9.53 Å². The van der Waals surface area contributed by atoms with Crippen molar-refractivity contribution in [3.05, 3.63) is 41.4 Å². The van der Waals surface area contributed by atoms with E-state index in [1.54, 1.807) is 11.8 Å². The van der Waals surface area contributed by atoms with E-state index in [2.05, 4.69) is 32.3 Å². The zero-order chi connectivity index (χ0) is 21.8. The molecule has 1 aromatic carbocycles. The van der Waals surface area contributed by atoms with Crippen molar-refractivity contribution in [2.24, 2.45) is 7.05 Å². The van der Waals surface area contributed by atoms with Crippen LogP contribution in [0.1, 0.15) is 16.1 Å². The molecular weight excluding hydrogens is 424 g/mol. The first kappa shape index (κ1) is 19.5. The van der Waals surface area contributed by atoms with E-state index in [1.807, 2.05) is 31.4 Å². The van der Waals surface area contributed by atoms with Gasteiger partial charge in [-0.15, -0.1) is 11.3 Å². The first-order chi connectivity index (χ1) is 15.6. The van der Waals surface area contributed by atoms with E-state index in [4.69, 9.17) is 9.72 Å². The summed E-state index contributed by atoms with van der Waals surface area (Å²) in [6.45, 7) is 4.53. The smallest absolute Gasteiger partial charge is 0.265 e. The summed E-state index contributed by atoms with van der Waals surface area (Å²) in [5, 5.41) is 9.32. The molecule has 0 bridgehead atoms. The SMILES string of the molecule is COc1cc2nn(C)cc2cc1NC(=O)c1cc2ccc(N3CC(N4CCC4)C3)nc2s1. The Morgan fingerprint density at radius 1 is 1.19 bits per heavy atom. The number of rotatable bonds is 5. The van der Waals surface area contributed by atoms with Gasteiger partial charge in [0.25, 0.3) is 5.91 Å². The van der Waals surface area contributed by atoms with Crippen LogP contribution in [0.5, 0.6) is 5.75 Å². The molecule has 2 aliphatic heterocycles. The Hall–Kier alpha value is -3.17. The number of nitrogens with zero attached hydrogens (tertiary/aromatic N) is 5. The molecular formula is C23H24N6O2S. The highest BCUT2D eigenvalue weighted by molar-refractivity contribution is 7.20. The zero-order valence-electron chi connectivity index (χ0n) is 18.0. The highest BCUT2D eigenvalue weighted by atomic mass is 32.1. The fourth-order valence-electron chi connectivity index (χ4n) is 4.40.